The molecule has 0 saturated heterocycles. The smallest absolute Gasteiger partial charge is 0.325 e. The van der Waals surface area contributed by atoms with E-state index in [1.165, 1.54) is 20.0 Å². The molecule has 0 radical (unpaired) electrons. The zero-order valence-corrected chi connectivity index (χ0v) is 8.49. The van der Waals surface area contributed by atoms with Crippen LogP contribution < -0.4 is 0 Å². The summed E-state index contributed by atoms with van der Waals surface area (Å²) >= 11 is 0. The van der Waals surface area contributed by atoms with E-state index >= 15 is 0 Å². The average molecular weight is 194 g/mol. The van der Waals surface area contributed by atoms with Crippen LogP contribution in [0.25, 0.3) is 0 Å². The van der Waals surface area contributed by atoms with Crippen molar-refractivity contribution in [2.45, 2.75) is 32.2 Å². The lowest BCUT2D eigenvalue weighted by molar-refractivity contribution is -0.141. The number of ether oxygens (including phenoxy) is 1. The third-order valence-corrected chi connectivity index (χ3v) is 2.40. The van der Waals surface area contributed by atoms with Crippen molar-refractivity contribution < 1.29 is 9.53 Å². The lowest BCUT2D eigenvalue weighted by Crippen LogP contribution is -2.12. The van der Waals surface area contributed by atoms with E-state index in [9.17, 15) is 4.79 Å². The summed E-state index contributed by atoms with van der Waals surface area (Å²) < 4.78 is 6.53. The minimum absolute atomic E-state index is 0.218. The van der Waals surface area contributed by atoms with Gasteiger partial charge >= 0.3 is 5.97 Å². The fraction of sp³-hybridized carbons (Fsp3) is 0.600. The monoisotopic (exact) mass is 194 g/mol. The number of aryl methyl sites for hydroxylation is 1. The first-order chi connectivity index (χ1) is 6.70. The van der Waals surface area contributed by atoms with Crippen LogP contribution in [0.4, 0.5) is 0 Å². The van der Waals surface area contributed by atoms with E-state index in [4.69, 9.17) is 0 Å². The Balaban J connectivity index is 2.18. The Kier molecular flexibility index (Phi) is 2.27. The van der Waals surface area contributed by atoms with Gasteiger partial charge in [-0.25, -0.2) is 4.98 Å². The minimum Gasteiger partial charge on any atom is -0.468 e. The van der Waals surface area contributed by atoms with E-state index in [0.717, 1.165) is 11.5 Å². The van der Waals surface area contributed by atoms with Crippen molar-refractivity contribution in [1.82, 2.24) is 9.55 Å². The maximum absolute atomic E-state index is 11.1. The summed E-state index contributed by atoms with van der Waals surface area (Å²) in [6.07, 6.45) is 4.29. The molecule has 2 rings (SSSR count). The van der Waals surface area contributed by atoms with E-state index in [2.05, 4.69) is 9.72 Å². The van der Waals surface area contributed by atoms with Crippen LogP contribution >= 0.6 is 0 Å². The van der Waals surface area contributed by atoms with Crippen LogP contribution in [0.3, 0.4) is 0 Å². The van der Waals surface area contributed by atoms with Gasteiger partial charge in [-0.15, -0.1) is 0 Å². The lowest BCUT2D eigenvalue weighted by atomic mass is 10.4. The molecular formula is C10H14N2O2. The molecule has 1 aliphatic rings. The fourth-order valence-corrected chi connectivity index (χ4v) is 1.56. The first-order valence-electron chi connectivity index (χ1n) is 4.81. The predicted octanol–water partition coefficient (Wildman–Crippen LogP) is 1.24. The van der Waals surface area contributed by atoms with Gasteiger partial charge in [0.1, 0.15) is 12.4 Å². The zero-order valence-electron chi connectivity index (χ0n) is 8.49. The number of rotatable bonds is 3. The molecule has 1 heterocycles. The first-order valence-corrected chi connectivity index (χ1v) is 4.81. The maximum Gasteiger partial charge on any atom is 0.325 e. The summed E-state index contributed by atoms with van der Waals surface area (Å²) in [6, 6.07) is 0. The molecule has 4 nitrogen and oxygen atoms in total. The highest BCUT2D eigenvalue weighted by atomic mass is 16.5. The third-order valence-electron chi connectivity index (χ3n) is 2.40. The van der Waals surface area contributed by atoms with Gasteiger partial charge in [0, 0.05) is 12.1 Å². The molecule has 0 unspecified atom stereocenters. The summed E-state index contributed by atoms with van der Waals surface area (Å²) in [6.45, 7) is 2.23. The Bertz CT molecular complexity index is 353. The second-order valence-corrected chi connectivity index (χ2v) is 3.72. The standard InChI is InChI=1S/C10H14N2O2/c1-7-5-12(6-9(13)14-2)10(11-7)8-3-4-8/h5,8H,3-4,6H2,1-2H3. The number of hydrogen-bond donors (Lipinski definition) is 0. The van der Waals surface area contributed by atoms with Gasteiger partial charge in [0.2, 0.25) is 0 Å². The minimum atomic E-state index is -0.218. The molecule has 1 aromatic rings. The summed E-state index contributed by atoms with van der Waals surface area (Å²) in [7, 11) is 1.41. The highest BCUT2D eigenvalue weighted by Crippen LogP contribution is 2.39. The first kappa shape index (κ1) is 9.24. The number of methoxy groups -OCH3 is 1. The average Bonchev–Trinajstić information content (AvgIpc) is 2.92. The van der Waals surface area contributed by atoms with Crippen LogP contribution in [0.15, 0.2) is 6.20 Å². The van der Waals surface area contributed by atoms with Crippen LogP contribution in [0.2, 0.25) is 0 Å². The SMILES string of the molecule is COC(=O)Cn1cc(C)nc1C1CC1. The van der Waals surface area contributed by atoms with Gasteiger partial charge in [-0.05, 0) is 19.8 Å². The van der Waals surface area contributed by atoms with Crippen molar-refractivity contribution in [2.75, 3.05) is 7.11 Å². The van der Waals surface area contributed by atoms with Gasteiger partial charge in [0.25, 0.3) is 0 Å². The second kappa shape index (κ2) is 3.44. The molecule has 14 heavy (non-hydrogen) atoms. The highest BCUT2D eigenvalue weighted by molar-refractivity contribution is 5.69. The summed E-state index contributed by atoms with van der Waals surface area (Å²) in [4.78, 5) is 15.5. The second-order valence-electron chi connectivity index (χ2n) is 3.72. The Morgan fingerprint density at radius 1 is 1.71 bits per heavy atom. The summed E-state index contributed by atoms with van der Waals surface area (Å²) in [5, 5.41) is 0. The van der Waals surface area contributed by atoms with Gasteiger partial charge in [0.15, 0.2) is 0 Å². The van der Waals surface area contributed by atoms with Gasteiger partial charge in [-0.3, -0.25) is 4.79 Å². The van der Waals surface area contributed by atoms with E-state index < -0.39 is 0 Å². The number of carbonyl (C=O) groups is 1. The van der Waals surface area contributed by atoms with Crippen molar-refractivity contribution in [3.8, 4) is 0 Å². The number of nitrogens with zero attached hydrogens (tertiary/aromatic N) is 2. The molecule has 76 valence electrons. The predicted molar refractivity (Wildman–Crippen MR) is 51.0 cm³/mol. The summed E-state index contributed by atoms with van der Waals surface area (Å²) in [5.41, 5.74) is 0.968. The van der Waals surface area contributed by atoms with Crippen LogP contribution in [-0.4, -0.2) is 22.6 Å². The van der Waals surface area contributed by atoms with Crippen LogP contribution in [-0.2, 0) is 16.1 Å². The third kappa shape index (κ3) is 1.78. The van der Waals surface area contributed by atoms with Crippen molar-refractivity contribution in [1.29, 1.82) is 0 Å². The van der Waals surface area contributed by atoms with Crippen molar-refractivity contribution in [3.05, 3.63) is 17.7 Å². The van der Waals surface area contributed by atoms with Crippen LogP contribution in [0.1, 0.15) is 30.3 Å². The Morgan fingerprint density at radius 3 is 3.00 bits per heavy atom. The van der Waals surface area contributed by atoms with E-state index in [1.807, 2.05) is 17.7 Å². The number of imidazole rings is 1. The normalized spacial score (nSPS) is 15.6. The quantitative estimate of drug-likeness (QED) is 0.680. The van der Waals surface area contributed by atoms with Gasteiger partial charge in [-0.1, -0.05) is 0 Å². The molecule has 0 N–H and O–H groups in total. The van der Waals surface area contributed by atoms with E-state index in [0.29, 0.717) is 5.92 Å². The molecular weight excluding hydrogens is 180 g/mol. The number of carbonyl (C=O) groups excluding carboxylic acids is 1. The van der Waals surface area contributed by atoms with Crippen molar-refractivity contribution >= 4 is 5.97 Å². The number of hydrogen-bond acceptors (Lipinski definition) is 3. The van der Waals surface area contributed by atoms with Gasteiger partial charge in [-0.2, -0.15) is 0 Å². The Hall–Kier alpha value is -1.32. The Morgan fingerprint density at radius 2 is 2.43 bits per heavy atom. The molecule has 0 amide bonds. The van der Waals surface area contributed by atoms with Crippen LogP contribution in [0.5, 0.6) is 0 Å². The van der Waals surface area contributed by atoms with Crippen LogP contribution in [0, 0.1) is 6.92 Å². The molecule has 0 bridgehead atoms. The lowest BCUT2D eigenvalue weighted by Gasteiger charge is -2.04. The topological polar surface area (TPSA) is 44.1 Å². The number of esters is 1. The molecule has 0 aliphatic heterocycles. The molecule has 1 saturated carbocycles. The van der Waals surface area contributed by atoms with Gasteiger partial charge < -0.3 is 9.30 Å². The fourth-order valence-electron chi connectivity index (χ4n) is 1.56. The van der Waals surface area contributed by atoms with Crippen molar-refractivity contribution in [2.24, 2.45) is 0 Å². The van der Waals surface area contributed by atoms with Gasteiger partial charge in [0.05, 0.1) is 12.8 Å². The van der Waals surface area contributed by atoms with E-state index in [-0.39, 0.29) is 12.5 Å². The Labute approximate surface area is 82.9 Å². The molecule has 0 atom stereocenters. The molecule has 1 aromatic heterocycles. The molecule has 0 aromatic carbocycles. The molecule has 4 heteroatoms. The summed E-state index contributed by atoms with van der Waals surface area (Å²) in [5.74, 6) is 1.38. The van der Waals surface area contributed by atoms with Crippen molar-refractivity contribution in [3.63, 3.8) is 0 Å². The largest absolute Gasteiger partial charge is 0.468 e. The highest BCUT2D eigenvalue weighted by Gasteiger charge is 2.28. The molecule has 1 aliphatic carbocycles. The molecule has 1 fully saturated rings. The molecule has 0 spiro atoms. The number of aromatic nitrogens is 2. The zero-order chi connectivity index (χ0) is 10.1. The van der Waals surface area contributed by atoms with E-state index in [1.54, 1.807) is 0 Å². The maximum atomic E-state index is 11.1.